The molecule has 0 saturated heterocycles. The highest BCUT2D eigenvalue weighted by molar-refractivity contribution is 7.89. The van der Waals surface area contributed by atoms with Crippen molar-refractivity contribution in [3.8, 4) is 0 Å². The molecule has 0 atom stereocenters. The van der Waals surface area contributed by atoms with E-state index in [0.717, 1.165) is 19.3 Å². The summed E-state index contributed by atoms with van der Waals surface area (Å²) in [6, 6.07) is 1.24. The number of hydrogen-bond donors (Lipinski definition) is 1. The lowest BCUT2D eigenvalue weighted by Gasteiger charge is -2.22. The maximum atomic E-state index is 12.7. The summed E-state index contributed by atoms with van der Waals surface area (Å²) in [7, 11) is -3.69. The molecule has 22 heavy (non-hydrogen) atoms. The van der Waals surface area contributed by atoms with Crippen molar-refractivity contribution in [1.29, 1.82) is 0 Å². The van der Waals surface area contributed by atoms with Crippen molar-refractivity contribution in [2.45, 2.75) is 31.2 Å². The molecule has 3 rings (SSSR count). The second kappa shape index (κ2) is 5.51. The molecule has 1 spiro atoms. The van der Waals surface area contributed by atoms with E-state index in [1.165, 1.54) is 10.4 Å². The second-order valence-corrected chi connectivity index (χ2v) is 7.72. The highest BCUT2D eigenvalue weighted by atomic mass is 32.2. The predicted molar refractivity (Wildman–Crippen MR) is 78.7 cm³/mol. The lowest BCUT2D eigenvalue weighted by molar-refractivity contribution is 0.0519. The molecule has 2 heterocycles. The van der Waals surface area contributed by atoms with E-state index in [9.17, 15) is 13.2 Å². The summed E-state index contributed by atoms with van der Waals surface area (Å²) in [5.41, 5.74) is 0.0799. The van der Waals surface area contributed by atoms with Crippen LogP contribution in [-0.4, -0.2) is 48.6 Å². The SMILES string of the molecule is CCOC(=O)c1cc(S(=O)(=O)N2CC=CCC3(CC3)C2)[nH]n1. The Hall–Kier alpha value is -1.67. The molecule has 0 bridgehead atoms. The summed E-state index contributed by atoms with van der Waals surface area (Å²) >= 11 is 0. The van der Waals surface area contributed by atoms with Crippen LogP contribution >= 0.6 is 0 Å². The van der Waals surface area contributed by atoms with Gasteiger partial charge in [-0.1, -0.05) is 12.2 Å². The number of aromatic amines is 1. The highest BCUT2D eigenvalue weighted by Crippen LogP contribution is 2.50. The minimum absolute atomic E-state index is 0.0214. The number of hydrogen-bond acceptors (Lipinski definition) is 5. The predicted octanol–water partition coefficient (Wildman–Crippen LogP) is 1.32. The maximum Gasteiger partial charge on any atom is 0.358 e. The van der Waals surface area contributed by atoms with Crippen LogP contribution in [0.2, 0.25) is 0 Å². The van der Waals surface area contributed by atoms with Crippen molar-refractivity contribution in [3.05, 3.63) is 23.9 Å². The summed E-state index contributed by atoms with van der Waals surface area (Å²) in [4.78, 5) is 11.6. The van der Waals surface area contributed by atoms with Gasteiger partial charge in [-0.2, -0.15) is 9.40 Å². The Kier molecular flexibility index (Phi) is 3.82. The van der Waals surface area contributed by atoms with Gasteiger partial charge >= 0.3 is 5.97 Å². The Morgan fingerprint density at radius 2 is 2.23 bits per heavy atom. The normalized spacial score (nSPS) is 20.8. The Morgan fingerprint density at radius 1 is 1.45 bits per heavy atom. The number of carbonyl (C=O) groups is 1. The van der Waals surface area contributed by atoms with E-state index in [0.29, 0.717) is 13.1 Å². The number of ether oxygens (including phenoxy) is 1. The monoisotopic (exact) mass is 325 g/mol. The smallest absolute Gasteiger partial charge is 0.358 e. The molecule has 0 unspecified atom stereocenters. The number of sulfonamides is 1. The van der Waals surface area contributed by atoms with Gasteiger partial charge in [0, 0.05) is 19.2 Å². The number of aromatic nitrogens is 2. The highest BCUT2D eigenvalue weighted by Gasteiger charge is 2.46. The molecule has 1 saturated carbocycles. The number of nitrogens with zero attached hydrogens (tertiary/aromatic N) is 2. The van der Waals surface area contributed by atoms with Crippen LogP contribution in [0.25, 0.3) is 0 Å². The fourth-order valence-electron chi connectivity index (χ4n) is 2.64. The van der Waals surface area contributed by atoms with E-state index in [2.05, 4.69) is 16.3 Å². The lowest BCUT2D eigenvalue weighted by Crippen LogP contribution is -2.35. The van der Waals surface area contributed by atoms with Crippen molar-refractivity contribution < 1.29 is 17.9 Å². The summed E-state index contributed by atoms with van der Waals surface area (Å²) in [6.07, 6.45) is 6.98. The zero-order valence-corrected chi connectivity index (χ0v) is 13.2. The molecule has 0 aromatic carbocycles. The minimum atomic E-state index is -3.69. The number of allylic oxidation sites excluding steroid dienone is 1. The molecule has 0 amide bonds. The number of carbonyl (C=O) groups excluding carboxylic acids is 1. The van der Waals surface area contributed by atoms with Gasteiger partial charge in [-0.15, -0.1) is 0 Å². The van der Waals surface area contributed by atoms with Crippen molar-refractivity contribution >= 4 is 16.0 Å². The van der Waals surface area contributed by atoms with Gasteiger partial charge in [0.15, 0.2) is 10.7 Å². The lowest BCUT2D eigenvalue weighted by atomic mass is 10.0. The van der Waals surface area contributed by atoms with Crippen molar-refractivity contribution in [1.82, 2.24) is 14.5 Å². The van der Waals surface area contributed by atoms with Crippen LogP contribution in [0.1, 0.15) is 36.7 Å². The van der Waals surface area contributed by atoms with Crippen LogP contribution in [-0.2, 0) is 14.8 Å². The average Bonchev–Trinajstić information content (AvgIpc) is 3.12. The van der Waals surface area contributed by atoms with E-state index in [4.69, 9.17) is 4.74 Å². The van der Waals surface area contributed by atoms with E-state index >= 15 is 0 Å². The average molecular weight is 325 g/mol. The number of esters is 1. The first kappa shape index (κ1) is 15.2. The molecule has 1 aromatic rings. The van der Waals surface area contributed by atoms with Gasteiger partial charge in [0.25, 0.3) is 10.0 Å². The zero-order valence-electron chi connectivity index (χ0n) is 12.4. The number of H-pyrrole nitrogens is 1. The van der Waals surface area contributed by atoms with Crippen LogP contribution < -0.4 is 0 Å². The van der Waals surface area contributed by atoms with Crippen molar-refractivity contribution in [2.24, 2.45) is 5.41 Å². The number of rotatable bonds is 4. The van der Waals surface area contributed by atoms with Crippen LogP contribution in [0, 0.1) is 5.41 Å². The molecule has 1 N–H and O–H groups in total. The van der Waals surface area contributed by atoms with Gasteiger partial charge in [-0.05, 0) is 31.6 Å². The van der Waals surface area contributed by atoms with Gasteiger partial charge in [-0.3, -0.25) is 5.10 Å². The van der Waals surface area contributed by atoms with E-state index < -0.39 is 16.0 Å². The molecule has 2 aliphatic rings. The Bertz CT molecular complexity index is 703. The summed E-state index contributed by atoms with van der Waals surface area (Å²) < 4.78 is 31.7. The van der Waals surface area contributed by atoms with Crippen LogP contribution in [0.5, 0.6) is 0 Å². The largest absolute Gasteiger partial charge is 0.461 e. The summed E-state index contributed by atoms with van der Waals surface area (Å²) in [5.74, 6) is -0.630. The van der Waals surface area contributed by atoms with Gasteiger partial charge in [0.1, 0.15) is 0 Å². The Balaban J connectivity index is 1.83. The molecule has 120 valence electrons. The molecular weight excluding hydrogens is 306 g/mol. The molecule has 0 radical (unpaired) electrons. The third-order valence-electron chi connectivity index (χ3n) is 4.15. The van der Waals surface area contributed by atoms with Gasteiger partial charge in [-0.25, -0.2) is 13.2 Å². The van der Waals surface area contributed by atoms with E-state index in [-0.39, 0.29) is 22.7 Å². The fourth-order valence-corrected chi connectivity index (χ4v) is 4.06. The van der Waals surface area contributed by atoms with Crippen molar-refractivity contribution in [3.63, 3.8) is 0 Å². The Morgan fingerprint density at radius 3 is 2.91 bits per heavy atom. The molecule has 1 aliphatic heterocycles. The first-order valence-electron chi connectivity index (χ1n) is 7.35. The van der Waals surface area contributed by atoms with Crippen molar-refractivity contribution in [2.75, 3.05) is 19.7 Å². The van der Waals surface area contributed by atoms with Gasteiger partial charge in [0.2, 0.25) is 0 Å². The number of nitrogens with one attached hydrogen (secondary N) is 1. The zero-order chi connectivity index (χ0) is 15.8. The molecule has 1 fully saturated rings. The quantitative estimate of drug-likeness (QED) is 0.666. The topological polar surface area (TPSA) is 92.4 Å². The molecular formula is C14H19N3O4S. The van der Waals surface area contributed by atoms with Crippen LogP contribution in [0.15, 0.2) is 23.2 Å². The molecule has 7 nitrogen and oxygen atoms in total. The van der Waals surface area contributed by atoms with Crippen LogP contribution in [0.4, 0.5) is 0 Å². The molecule has 8 heteroatoms. The second-order valence-electron chi connectivity index (χ2n) is 5.81. The molecule has 1 aromatic heterocycles. The van der Waals surface area contributed by atoms with Crippen LogP contribution in [0.3, 0.4) is 0 Å². The van der Waals surface area contributed by atoms with Gasteiger partial charge < -0.3 is 4.74 Å². The summed E-state index contributed by atoms with van der Waals surface area (Å²) in [5, 5.41) is 6.13. The first-order valence-corrected chi connectivity index (χ1v) is 8.79. The van der Waals surface area contributed by atoms with E-state index in [1.807, 2.05) is 6.08 Å². The third kappa shape index (κ3) is 2.80. The molecule has 1 aliphatic carbocycles. The van der Waals surface area contributed by atoms with E-state index in [1.54, 1.807) is 6.92 Å². The third-order valence-corrected chi connectivity index (χ3v) is 5.88. The fraction of sp³-hybridized carbons (Fsp3) is 0.571. The maximum absolute atomic E-state index is 12.7. The minimum Gasteiger partial charge on any atom is -0.461 e. The standard InChI is InChI=1S/C14H19N3O4S/c1-2-21-13(18)11-9-12(16-15-11)22(19,20)17-8-4-3-5-14(10-17)6-7-14/h3-4,9H,2,5-8,10H2,1H3,(H,15,16). The van der Waals surface area contributed by atoms with Gasteiger partial charge in [0.05, 0.1) is 6.61 Å². The Labute approximate surface area is 129 Å². The summed E-state index contributed by atoms with van der Waals surface area (Å²) in [6.45, 7) is 2.75. The first-order chi connectivity index (χ1) is 10.5.